The maximum Gasteiger partial charge on any atom is 0.258 e. The van der Waals surface area contributed by atoms with Crippen LogP contribution in [0.4, 0.5) is 5.69 Å². The number of nitrogens with one attached hydrogen (secondary N) is 1. The summed E-state index contributed by atoms with van der Waals surface area (Å²) in [5, 5.41) is 14.0. The number of hydrogen-bond donors (Lipinski definition) is 2. The Balaban J connectivity index is 1.85. The molecule has 1 heterocycles. The van der Waals surface area contributed by atoms with E-state index < -0.39 is 6.17 Å². The number of rotatable bonds is 3. The molecule has 5 nitrogen and oxygen atoms in total. The zero-order valence-electron chi connectivity index (χ0n) is 13.1. The number of anilines is 1. The average Bonchev–Trinajstić information content (AvgIpc) is 3.41. The molecule has 0 spiro atoms. The predicted octanol–water partition coefficient (Wildman–Crippen LogP) is 3.89. The van der Waals surface area contributed by atoms with Crippen molar-refractivity contribution in [1.82, 2.24) is 4.90 Å². The van der Waals surface area contributed by atoms with Crippen LogP contribution in [0.5, 0.6) is 11.5 Å². The summed E-state index contributed by atoms with van der Waals surface area (Å²) in [7, 11) is 1.51. The van der Waals surface area contributed by atoms with Gasteiger partial charge < -0.3 is 20.1 Å². The molecule has 0 bridgehead atoms. The van der Waals surface area contributed by atoms with Gasteiger partial charge in [-0.05, 0) is 37.1 Å². The van der Waals surface area contributed by atoms with Crippen molar-refractivity contribution in [2.75, 3.05) is 12.4 Å². The van der Waals surface area contributed by atoms with Crippen LogP contribution in [0.25, 0.3) is 0 Å². The number of carbonyl (C=O) groups is 1. The van der Waals surface area contributed by atoms with Crippen LogP contribution in [0.3, 0.4) is 0 Å². The van der Waals surface area contributed by atoms with Gasteiger partial charge in [-0.1, -0.05) is 28.1 Å². The first-order chi connectivity index (χ1) is 11.6. The fraction of sp³-hybridized carbons (Fsp3) is 0.278. The highest BCUT2D eigenvalue weighted by atomic mass is 79.9. The van der Waals surface area contributed by atoms with E-state index in [-0.39, 0.29) is 17.7 Å². The Morgan fingerprint density at radius 3 is 2.75 bits per heavy atom. The second-order valence-electron chi connectivity index (χ2n) is 6.08. The fourth-order valence-electron chi connectivity index (χ4n) is 3.18. The van der Waals surface area contributed by atoms with E-state index in [0.717, 1.165) is 23.0 Å². The lowest BCUT2D eigenvalue weighted by atomic mass is 10.0. The summed E-state index contributed by atoms with van der Waals surface area (Å²) >= 11 is 3.45. The van der Waals surface area contributed by atoms with Crippen molar-refractivity contribution < 1.29 is 14.6 Å². The molecule has 0 unspecified atom stereocenters. The first kappa shape index (κ1) is 15.3. The minimum Gasteiger partial charge on any atom is -0.504 e. The largest absolute Gasteiger partial charge is 0.504 e. The smallest absolute Gasteiger partial charge is 0.258 e. The van der Waals surface area contributed by atoms with E-state index in [4.69, 9.17) is 4.74 Å². The molecule has 1 amide bonds. The molecule has 1 aliphatic carbocycles. The molecule has 2 aliphatic rings. The molecule has 1 atom stereocenters. The van der Waals surface area contributed by atoms with Gasteiger partial charge in [0.2, 0.25) is 0 Å². The quantitative estimate of drug-likeness (QED) is 0.836. The molecular formula is C18H17BrN2O3. The van der Waals surface area contributed by atoms with Gasteiger partial charge in [-0.15, -0.1) is 0 Å². The van der Waals surface area contributed by atoms with Crippen molar-refractivity contribution in [1.29, 1.82) is 0 Å². The Kier molecular flexibility index (Phi) is 3.64. The average molecular weight is 389 g/mol. The summed E-state index contributed by atoms with van der Waals surface area (Å²) in [6.07, 6.45) is 1.54. The molecule has 0 radical (unpaired) electrons. The number of hydrogen-bond acceptors (Lipinski definition) is 4. The fourth-order valence-corrected chi connectivity index (χ4v) is 3.64. The van der Waals surface area contributed by atoms with Crippen LogP contribution in [0, 0.1) is 0 Å². The van der Waals surface area contributed by atoms with Crippen molar-refractivity contribution in [3.8, 4) is 11.5 Å². The van der Waals surface area contributed by atoms with Crippen LogP contribution in [0.15, 0.2) is 40.9 Å². The molecule has 124 valence electrons. The van der Waals surface area contributed by atoms with Gasteiger partial charge in [0.05, 0.1) is 12.7 Å². The maximum absolute atomic E-state index is 13.0. The molecule has 2 N–H and O–H groups in total. The summed E-state index contributed by atoms with van der Waals surface area (Å²) in [5.74, 6) is 0.425. The van der Waals surface area contributed by atoms with E-state index in [2.05, 4.69) is 21.2 Å². The number of nitrogens with zero attached hydrogens (tertiary/aromatic N) is 1. The first-order valence-electron chi connectivity index (χ1n) is 7.84. The summed E-state index contributed by atoms with van der Waals surface area (Å²) in [6.45, 7) is 0. The molecule has 1 saturated carbocycles. The van der Waals surface area contributed by atoms with Crippen LogP contribution in [-0.2, 0) is 0 Å². The van der Waals surface area contributed by atoms with Gasteiger partial charge in [0, 0.05) is 21.8 Å². The van der Waals surface area contributed by atoms with Gasteiger partial charge in [-0.2, -0.15) is 0 Å². The molecule has 4 rings (SSSR count). The van der Waals surface area contributed by atoms with Gasteiger partial charge in [-0.25, -0.2) is 0 Å². The number of methoxy groups -OCH3 is 1. The Morgan fingerprint density at radius 2 is 2.04 bits per heavy atom. The van der Waals surface area contributed by atoms with Gasteiger partial charge >= 0.3 is 0 Å². The molecule has 0 saturated heterocycles. The zero-order chi connectivity index (χ0) is 16.8. The SMILES string of the molecule is COc1cc(Br)cc([C@@H]2Nc3ccccc3C(=O)N2C2CC2)c1O. The topological polar surface area (TPSA) is 61.8 Å². The summed E-state index contributed by atoms with van der Waals surface area (Å²) in [4.78, 5) is 14.8. The van der Waals surface area contributed by atoms with Crippen LogP contribution < -0.4 is 10.1 Å². The lowest BCUT2D eigenvalue weighted by molar-refractivity contribution is 0.0664. The minimum absolute atomic E-state index is 0.00445. The van der Waals surface area contributed by atoms with Crippen LogP contribution in [-0.4, -0.2) is 29.1 Å². The third kappa shape index (κ3) is 2.41. The van der Waals surface area contributed by atoms with E-state index in [0.29, 0.717) is 16.9 Å². The second-order valence-corrected chi connectivity index (χ2v) is 7.00. The molecule has 6 heteroatoms. The Hall–Kier alpha value is -2.21. The highest BCUT2D eigenvalue weighted by Crippen LogP contribution is 2.45. The lowest BCUT2D eigenvalue weighted by Gasteiger charge is -2.38. The molecule has 2 aromatic rings. The highest BCUT2D eigenvalue weighted by Gasteiger charge is 2.43. The summed E-state index contributed by atoms with van der Waals surface area (Å²) in [5.41, 5.74) is 2.07. The molecule has 2 aromatic carbocycles. The third-order valence-electron chi connectivity index (χ3n) is 4.49. The summed E-state index contributed by atoms with van der Waals surface area (Å²) < 4.78 is 6.04. The van der Waals surface area contributed by atoms with Gasteiger partial charge in [0.15, 0.2) is 11.5 Å². The van der Waals surface area contributed by atoms with Gasteiger partial charge in [0.25, 0.3) is 5.91 Å². The normalized spacial score (nSPS) is 19.7. The first-order valence-corrected chi connectivity index (χ1v) is 8.64. The van der Waals surface area contributed by atoms with Crippen molar-refractivity contribution in [2.45, 2.75) is 25.0 Å². The predicted molar refractivity (Wildman–Crippen MR) is 94.4 cm³/mol. The molecular weight excluding hydrogens is 372 g/mol. The Bertz CT molecular complexity index is 820. The van der Waals surface area contributed by atoms with Gasteiger partial charge in [-0.3, -0.25) is 4.79 Å². The Morgan fingerprint density at radius 1 is 1.29 bits per heavy atom. The van der Waals surface area contributed by atoms with E-state index >= 15 is 0 Å². The zero-order valence-corrected chi connectivity index (χ0v) is 14.7. The van der Waals surface area contributed by atoms with Crippen molar-refractivity contribution >= 4 is 27.5 Å². The third-order valence-corrected chi connectivity index (χ3v) is 4.94. The maximum atomic E-state index is 13.0. The molecule has 1 fully saturated rings. The highest BCUT2D eigenvalue weighted by molar-refractivity contribution is 9.10. The number of phenolic OH excluding ortho intramolecular Hbond substituents is 1. The molecule has 1 aliphatic heterocycles. The van der Waals surface area contributed by atoms with Crippen LogP contribution >= 0.6 is 15.9 Å². The standard InChI is InChI=1S/C18H17BrN2O3/c1-24-15-9-10(19)8-13(16(15)22)17-20-14-5-3-2-4-12(14)18(23)21(17)11-6-7-11/h2-5,8-9,11,17,20,22H,6-7H2,1H3/t17-/m1/s1. The molecule has 0 aromatic heterocycles. The van der Waals surface area contributed by atoms with E-state index in [1.165, 1.54) is 7.11 Å². The number of aromatic hydroxyl groups is 1. The number of amides is 1. The second kappa shape index (κ2) is 5.70. The van der Waals surface area contributed by atoms with Crippen molar-refractivity contribution in [3.63, 3.8) is 0 Å². The monoisotopic (exact) mass is 388 g/mol. The number of halogens is 1. The number of ether oxygens (including phenoxy) is 1. The van der Waals surface area contributed by atoms with Crippen LogP contribution in [0.1, 0.15) is 34.9 Å². The number of phenols is 1. The number of fused-ring (bicyclic) bond motifs is 1. The van der Waals surface area contributed by atoms with E-state index in [9.17, 15) is 9.90 Å². The summed E-state index contributed by atoms with van der Waals surface area (Å²) in [6, 6.07) is 11.2. The van der Waals surface area contributed by atoms with Gasteiger partial charge in [0.1, 0.15) is 6.17 Å². The number of para-hydroxylation sites is 1. The van der Waals surface area contributed by atoms with Crippen molar-refractivity contribution in [3.05, 3.63) is 52.0 Å². The number of carbonyl (C=O) groups excluding carboxylic acids is 1. The van der Waals surface area contributed by atoms with E-state index in [1.54, 1.807) is 6.07 Å². The van der Waals surface area contributed by atoms with E-state index in [1.807, 2.05) is 35.2 Å². The van der Waals surface area contributed by atoms with Crippen molar-refractivity contribution in [2.24, 2.45) is 0 Å². The number of benzene rings is 2. The Labute approximate surface area is 148 Å². The molecule has 24 heavy (non-hydrogen) atoms. The minimum atomic E-state index is -0.425. The van der Waals surface area contributed by atoms with Crippen LogP contribution in [0.2, 0.25) is 0 Å². The lowest BCUT2D eigenvalue weighted by Crippen LogP contribution is -2.44.